The summed E-state index contributed by atoms with van der Waals surface area (Å²) in [7, 11) is -0.955. The van der Waals surface area contributed by atoms with Gasteiger partial charge in [-0.3, -0.25) is 4.79 Å². The fourth-order valence-electron chi connectivity index (χ4n) is 1.24. The van der Waals surface area contributed by atoms with Gasteiger partial charge in [0.05, 0.1) is 0 Å². The van der Waals surface area contributed by atoms with Gasteiger partial charge in [-0.25, -0.2) is 4.72 Å². The van der Waals surface area contributed by atoms with Crippen molar-refractivity contribution >= 4 is 32.0 Å². The molecule has 100 valence electrons. The van der Waals surface area contributed by atoms with Crippen LogP contribution in [0.15, 0.2) is 28.7 Å². The first-order chi connectivity index (χ1) is 8.31. The summed E-state index contributed by atoms with van der Waals surface area (Å²) in [4.78, 5) is 11.5. The summed E-state index contributed by atoms with van der Waals surface area (Å²) in [6, 6.07) is 7.54. The molecule has 0 bridgehead atoms. The number of carbonyl (C=O) groups is 1. The molecule has 0 spiro atoms. The van der Waals surface area contributed by atoms with Gasteiger partial charge in [0.15, 0.2) is 0 Å². The molecule has 0 fully saturated rings. The first-order valence-electron chi connectivity index (χ1n) is 5.29. The largest absolute Gasteiger partial charge is 0.303 e. The summed E-state index contributed by atoms with van der Waals surface area (Å²) < 4.78 is 26.7. The molecule has 1 aromatic carbocycles. The Bertz CT molecular complexity index is 529. The molecule has 0 atom stereocenters. The van der Waals surface area contributed by atoms with Crippen molar-refractivity contribution in [3.8, 4) is 0 Å². The molecule has 1 rings (SSSR count). The van der Waals surface area contributed by atoms with Crippen LogP contribution >= 0.6 is 15.9 Å². The second-order valence-corrected chi connectivity index (χ2v) is 6.74. The van der Waals surface area contributed by atoms with Crippen LogP contribution in [-0.4, -0.2) is 32.7 Å². The highest BCUT2D eigenvalue weighted by Crippen LogP contribution is 2.12. The van der Waals surface area contributed by atoms with E-state index in [0.717, 1.165) is 14.3 Å². The number of aryl methyl sites for hydroxylation is 1. The molecule has 0 heterocycles. The van der Waals surface area contributed by atoms with E-state index >= 15 is 0 Å². The van der Waals surface area contributed by atoms with E-state index in [1.807, 2.05) is 29.0 Å². The molecule has 5 nitrogen and oxygen atoms in total. The SMILES string of the molecule is CN(C)S(=O)(=O)NC(=O)CCc1cccc(Br)c1. The van der Waals surface area contributed by atoms with E-state index in [1.54, 1.807) is 0 Å². The minimum atomic E-state index is -3.69. The summed E-state index contributed by atoms with van der Waals surface area (Å²) in [5.74, 6) is -0.510. The van der Waals surface area contributed by atoms with Gasteiger partial charge >= 0.3 is 10.2 Å². The lowest BCUT2D eigenvalue weighted by Gasteiger charge is -2.12. The summed E-state index contributed by atoms with van der Waals surface area (Å²) in [6.07, 6.45) is 0.623. The van der Waals surface area contributed by atoms with Crippen molar-refractivity contribution in [3.05, 3.63) is 34.3 Å². The molecule has 7 heteroatoms. The van der Waals surface area contributed by atoms with Gasteiger partial charge in [0.2, 0.25) is 5.91 Å². The van der Waals surface area contributed by atoms with Crippen molar-refractivity contribution in [1.29, 1.82) is 0 Å². The van der Waals surface area contributed by atoms with Gasteiger partial charge in [0.1, 0.15) is 0 Å². The van der Waals surface area contributed by atoms with Gasteiger partial charge in [-0.2, -0.15) is 12.7 Å². The lowest BCUT2D eigenvalue weighted by molar-refractivity contribution is -0.119. The Morgan fingerprint density at radius 1 is 1.39 bits per heavy atom. The predicted octanol–water partition coefficient (Wildman–Crippen LogP) is 1.30. The topological polar surface area (TPSA) is 66.5 Å². The fourth-order valence-corrected chi connectivity index (χ4v) is 2.26. The maximum absolute atomic E-state index is 11.5. The van der Waals surface area contributed by atoms with Gasteiger partial charge in [0, 0.05) is 25.0 Å². The Morgan fingerprint density at radius 3 is 2.61 bits per heavy atom. The lowest BCUT2D eigenvalue weighted by atomic mass is 10.1. The minimum Gasteiger partial charge on any atom is -0.274 e. The van der Waals surface area contributed by atoms with Crippen molar-refractivity contribution in [3.63, 3.8) is 0 Å². The van der Waals surface area contributed by atoms with Crippen LogP contribution in [0.25, 0.3) is 0 Å². The smallest absolute Gasteiger partial charge is 0.274 e. The molecule has 0 saturated carbocycles. The monoisotopic (exact) mass is 334 g/mol. The Balaban J connectivity index is 2.52. The molecule has 0 radical (unpaired) electrons. The molecule has 1 N–H and O–H groups in total. The normalized spacial score (nSPS) is 11.6. The van der Waals surface area contributed by atoms with E-state index in [-0.39, 0.29) is 6.42 Å². The third-order valence-corrected chi connectivity index (χ3v) is 4.19. The fraction of sp³-hybridized carbons (Fsp3) is 0.364. The van der Waals surface area contributed by atoms with Crippen LogP contribution in [0.2, 0.25) is 0 Å². The molecule has 0 aromatic heterocycles. The second-order valence-electron chi connectivity index (χ2n) is 3.94. The van der Waals surface area contributed by atoms with Crippen LogP contribution < -0.4 is 4.72 Å². The van der Waals surface area contributed by atoms with Crippen LogP contribution in [0.3, 0.4) is 0 Å². The number of carbonyl (C=O) groups excluding carboxylic acids is 1. The summed E-state index contributed by atoms with van der Waals surface area (Å²) in [5, 5.41) is 0. The maximum atomic E-state index is 11.5. The summed E-state index contributed by atoms with van der Waals surface area (Å²) >= 11 is 3.33. The van der Waals surface area contributed by atoms with Gasteiger partial charge in [-0.1, -0.05) is 28.1 Å². The van der Waals surface area contributed by atoms with Gasteiger partial charge in [-0.05, 0) is 24.1 Å². The van der Waals surface area contributed by atoms with Crippen LogP contribution in [0.4, 0.5) is 0 Å². The molecule has 0 aliphatic rings. The molecule has 1 aromatic rings. The van der Waals surface area contributed by atoms with Crippen molar-refractivity contribution in [2.75, 3.05) is 14.1 Å². The van der Waals surface area contributed by atoms with E-state index in [9.17, 15) is 13.2 Å². The van der Waals surface area contributed by atoms with E-state index in [4.69, 9.17) is 0 Å². The average Bonchev–Trinajstić information content (AvgIpc) is 2.25. The van der Waals surface area contributed by atoms with Crippen molar-refractivity contribution < 1.29 is 13.2 Å². The molecular weight excluding hydrogens is 320 g/mol. The number of halogens is 1. The highest BCUT2D eigenvalue weighted by molar-refractivity contribution is 9.10. The minimum absolute atomic E-state index is 0.128. The Kier molecular flexibility index (Phi) is 5.30. The van der Waals surface area contributed by atoms with Crippen LogP contribution in [-0.2, 0) is 21.4 Å². The standard InChI is InChI=1S/C11H15BrN2O3S/c1-14(2)18(16,17)13-11(15)7-6-9-4-3-5-10(12)8-9/h3-5,8H,6-7H2,1-2H3,(H,13,15). The zero-order valence-corrected chi connectivity index (χ0v) is 12.6. The zero-order valence-electron chi connectivity index (χ0n) is 10.2. The lowest BCUT2D eigenvalue weighted by Crippen LogP contribution is -2.39. The van der Waals surface area contributed by atoms with Crippen molar-refractivity contribution in [2.45, 2.75) is 12.8 Å². The molecule has 0 saturated heterocycles. The quantitative estimate of drug-likeness (QED) is 0.882. The zero-order chi connectivity index (χ0) is 13.8. The molecule has 0 unspecified atom stereocenters. The number of nitrogens with one attached hydrogen (secondary N) is 1. The number of nitrogens with zero attached hydrogens (tertiary/aromatic N) is 1. The second kappa shape index (κ2) is 6.31. The van der Waals surface area contributed by atoms with E-state index < -0.39 is 16.1 Å². The average molecular weight is 335 g/mol. The van der Waals surface area contributed by atoms with Gasteiger partial charge in [0.25, 0.3) is 0 Å². The summed E-state index contributed by atoms with van der Waals surface area (Å²) in [5.41, 5.74) is 0.974. The number of rotatable bonds is 5. The molecular formula is C11H15BrN2O3S. The van der Waals surface area contributed by atoms with Gasteiger partial charge < -0.3 is 0 Å². The first-order valence-corrected chi connectivity index (χ1v) is 7.52. The molecule has 0 aliphatic heterocycles. The van der Waals surface area contributed by atoms with Crippen molar-refractivity contribution in [1.82, 2.24) is 9.03 Å². The van der Waals surface area contributed by atoms with Crippen LogP contribution in [0, 0.1) is 0 Å². The Labute approximate surface area is 115 Å². The molecule has 1 amide bonds. The third kappa shape index (κ3) is 4.75. The predicted molar refractivity (Wildman–Crippen MR) is 73.2 cm³/mol. The van der Waals surface area contributed by atoms with Crippen molar-refractivity contribution in [2.24, 2.45) is 0 Å². The number of amides is 1. The Hall–Kier alpha value is -0.920. The Morgan fingerprint density at radius 2 is 2.06 bits per heavy atom. The van der Waals surface area contributed by atoms with E-state index in [0.29, 0.717) is 6.42 Å². The number of hydrogen-bond acceptors (Lipinski definition) is 3. The highest BCUT2D eigenvalue weighted by Gasteiger charge is 2.16. The first kappa shape index (κ1) is 15.1. The van der Waals surface area contributed by atoms with Crippen LogP contribution in [0.5, 0.6) is 0 Å². The van der Waals surface area contributed by atoms with Gasteiger partial charge in [-0.15, -0.1) is 0 Å². The highest BCUT2D eigenvalue weighted by atomic mass is 79.9. The number of hydrogen-bond donors (Lipinski definition) is 1. The number of benzene rings is 1. The summed E-state index contributed by atoms with van der Waals surface area (Å²) in [6.45, 7) is 0. The van der Waals surface area contributed by atoms with E-state index in [2.05, 4.69) is 15.9 Å². The third-order valence-electron chi connectivity index (χ3n) is 2.25. The van der Waals surface area contributed by atoms with Crippen LogP contribution in [0.1, 0.15) is 12.0 Å². The maximum Gasteiger partial charge on any atom is 0.303 e. The van der Waals surface area contributed by atoms with E-state index in [1.165, 1.54) is 14.1 Å². The molecule has 0 aliphatic carbocycles. The molecule has 18 heavy (non-hydrogen) atoms.